The van der Waals surface area contributed by atoms with Gasteiger partial charge in [-0.25, -0.2) is 4.79 Å². The summed E-state index contributed by atoms with van der Waals surface area (Å²) in [5.41, 5.74) is 0. The molecular formula is C19H30N4O2. The molecule has 4 aliphatic rings. The van der Waals surface area contributed by atoms with Gasteiger partial charge in [-0.15, -0.1) is 0 Å². The second-order valence-electron chi connectivity index (χ2n) is 7.75. The highest BCUT2D eigenvalue weighted by Gasteiger charge is 2.36. The second kappa shape index (κ2) is 7.28. The minimum atomic E-state index is 0.119. The number of rotatable bonds is 3. The predicted molar refractivity (Wildman–Crippen MR) is 97.1 cm³/mol. The van der Waals surface area contributed by atoms with E-state index < -0.39 is 0 Å². The average molecular weight is 346 g/mol. The van der Waals surface area contributed by atoms with Crippen LogP contribution in [0.1, 0.15) is 32.6 Å². The number of hydrogen-bond donors (Lipinski definition) is 1. The number of ether oxygens (including phenoxy) is 1. The molecular weight excluding hydrogens is 316 g/mol. The molecule has 25 heavy (non-hydrogen) atoms. The minimum absolute atomic E-state index is 0.119. The molecule has 3 aliphatic heterocycles. The molecule has 0 aromatic rings. The summed E-state index contributed by atoms with van der Waals surface area (Å²) in [6.45, 7) is 7.43. The summed E-state index contributed by atoms with van der Waals surface area (Å²) in [7, 11) is 0. The van der Waals surface area contributed by atoms with Gasteiger partial charge in [0.25, 0.3) is 0 Å². The average Bonchev–Trinajstić information content (AvgIpc) is 2.76. The number of nitrogens with zero attached hydrogens (tertiary/aromatic N) is 3. The standard InChI is InChI=1S/C19H30N4O2/c1-15-6-7-17(12-20-15)25-18-13-23(14-18)19(24)22-9-3-8-21(10-11-22)16-4-2-5-16/h6-7,12,15-16,18,20H,2-5,8-11,13-14H2,1H3. The largest absolute Gasteiger partial charge is 0.485 e. The van der Waals surface area contributed by atoms with Gasteiger partial charge in [0.1, 0.15) is 11.9 Å². The maximum atomic E-state index is 12.7. The van der Waals surface area contributed by atoms with Gasteiger partial charge in [-0.05, 0) is 32.3 Å². The monoisotopic (exact) mass is 346 g/mol. The molecule has 1 aliphatic carbocycles. The molecule has 6 nitrogen and oxygen atoms in total. The molecule has 0 radical (unpaired) electrons. The lowest BCUT2D eigenvalue weighted by atomic mass is 9.91. The number of carbonyl (C=O) groups excluding carboxylic acids is 1. The van der Waals surface area contributed by atoms with Gasteiger partial charge < -0.3 is 19.9 Å². The van der Waals surface area contributed by atoms with Gasteiger partial charge in [0.15, 0.2) is 0 Å². The molecule has 0 aromatic heterocycles. The molecule has 6 heteroatoms. The van der Waals surface area contributed by atoms with Crippen molar-refractivity contribution in [1.82, 2.24) is 20.0 Å². The highest BCUT2D eigenvalue weighted by Crippen LogP contribution is 2.26. The van der Waals surface area contributed by atoms with Crippen molar-refractivity contribution in [3.05, 3.63) is 24.1 Å². The minimum Gasteiger partial charge on any atom is -0.485 e. The molecule has 3 heterocycles. The van der Waals surface area contributed by atoms with E-state index >= 15 is 0 Å². The number of likely N-dealkylation sites (tertiary alicyclic amines) is 1. The molecule has 0 aromatic carbocycles. The fraction of sp³-hybridized carbons (Fsp3) is 0.737. The summed E-state index contributed by atoms with van der Waals surface area (Å²) in [5.74, 6) is 0.862. The number of hydrogen-bond acceptors (Lipinski definition) is 4. The van der Waals surface area contributed by atoms with E-state index in [1.807, 2.05) is 22.1 Å². The summed E-state index contributed by atoms with van der Waals surface area (Å²) >= 11 is 0. The Labute approximate surface area is 150 Å². The van der Waals surface area contributed by atoms with E-state index in [4.69, 9.17) is 4.74 Å². The summed E-state index contributed by atoms with van der Waals surface area (Å²) in [6, 6.07) is 1.33. The van der Waals surface area contributed by atoms with Crippen molar-refractivity contribution >= 4 is 6.03 Å². The first-order valence-electron chi connectivity index (χ1n) is 9.78. The van der Waals surface area contributed by atoms with Crippen LogP contribution in [0.15, 0.2) is 24.1 Å². The van der Waals surface area contributed by atoms with Crippen LogP contribution < -0.4 is 5.32 Å². The molecule has 3 fully saturated rings. The Morgan fingerprint density at radius 2 is 1.96 bits per heavy atom. The Hall–Kier alpha value is -1.69. The zero-order valence-electron chi connectivity index (χ0n) is 15.2. The van der Waals surface area contributed by atoms with Gasteiger partial charge in [0.05, 0.1) is 13.1 Å². The highest BCUT2D eigenvalue weighted by molar-refractivity contribution is 5.75. The van der Waals surface area contributed by atoms with Crippen molar-refractivity contribution in [2.24, 2.45) is 0 Å². The number of allylic oxidation sites excluding steroid dienone is 1. The fourth-order valence-electron chi connectivity index (χ4n) is 3.94. The lowest BCUT2D eigenvalue weighted by Gasteiger charge is -2.42. The Bertz CT molecular complexity index is 552. The van der Waals surface area contributed by atoms with Crippen LogP contribution in [0.4, 0.5) is 4.79 Å². The molecule has 0 spiro atoms. The first-order valence-corrected chi connectivity index (χ1v) is 9.78. The Kier molecular flexibility index (Phi) is 4.88. The van der Waals surface area contributed by atoms with Crippen molar-refractivity contribution in [3.63, 3.8) is 0 Å². The zero-order chi connectivity index (χ0) is 17.2. The van der Waals surface area contributed by atoms with E-state index in [1.165, 1.54) is 19.3 Å². The van der Waals surface area contributed by atoms with Crippen LogP contribution in [0, 0.1) is 0 Å². The van der Waals surface area contributed by atoms with E-state index in [-0.39, 0.29) is 12.1 Å². The zero-order valence-corrected chi connectivity index (χ0v) is 15.2. The number of dihydropyridines is 1. The SMILES string of the molecule is CC1C=CC(OC2CN(C(=O)N3CCCN(C4CCC4)CC3)C2)=CN1. The van der Waals surface area contributed by atoms with E-state index in [0.29, 0.717) is 19.1 Å². The molecule has 1 saturated carbocycles. The molecule has 138 valence electrons. The van der Waals surface area contributed by atoms with E-state index in [9.17, 15) is 4.79 Å². The summed E-state index contributed by atoms with van der Waals surface area (Å²) in [6.07, 6.45) is 11.3. The van der Waals surface area contributed by atoms with Crippen LogP contribution in [0.5, 0.6) is 0 Å². The number of carbonyl (C=O) groups is 1. The summed E-state index contributed by atoms with van der Waals surface area (Å²) < 4.78 is 5.93. The lowest BCUT2D eigenvalue weighted by Crippen LogP contribution is -2.58. The smallest absolute Gasteiger partial charge is 0.320 e. The number of amides is 2. The Balaban J connectivity index is 1.21. The van der Waals surface area contributed by atoms with E-state index in [2.05, 4.69) is 23.2 Å². The predicted octanol–water partition coefficient (Wildman–Crippen LogP) is 1.76. The summed E-state index contributed by atoms with van der Waals surface area (Å²) in [4.78, 5) is 19.3. The summed E-state index contributed by atoms with van der Waals surface area (Å²) in [5, 5.41) is 3.23. The van der Waals surface area contributed by atoms with Crippen LogP contribution in [-0.4, -0.2) is 78.2 Å². The van der Waals surface area contributed by atoms with Crippen LogP contribution in [0.25, 0.3) is 0 Å². The van der Waals surface area contributed by atoms with Crippen molar-refractivity contribution < 1.29 is 9.53 Å². The third-order valence-corrected chi connectivity index (χ3v) is 5.85. The number of nitrogens with one attached hydrogen (secondary N) is 1. The molecule has 4 rings (SSSR count). The Morgan fingerprint density at radius 3 is 2.64 bits per heavy atom. The lowest BCUT2D eigenvalue weighted by molar-refractivity contribution is -0.00465. The van der Waals surface area contributed by atoms with Crippen molar-refractivity contribution in [2.75, 3.05) is 39.3 Å². The third kappa shape index (κ3) is 3.78. The van der Waals surface area contributed by atoms with E-state index in [1.54, 1.807) is 0 Å². The van der Waals surface area contributed by atoms with Crippen LogP contribution in [-0.2, 0) is 4.74 Å². The molecule has 1 unspecified atom stereocenters. The van der Waals surface area contributed by atoms with Gasteiger partial charge in [-0.2, -0.15) is 0 Å². The second-order valence-corrected chi connectivity index (χ2v) is 7.75. The molecule has 1 atom stereocenters. The van der Waals surface area contributed by atoms with Gasteiger partial charge in [0, 0.05) is 44.5 Å². The normalized spacial score (nSPS) is 28.5. The fourth-order valence-corrected chi connectivity index (χ4v) is 3.94. The molecule has 2 saturated heterocycles. The van der Waals surface area contributed by atoms with Crippen LogP contribution >= 0.6 is 0 Å². The topological polar surface area (TPSA) is 48.1 Å². The van der Waals surface area contributed by atoms with Gasteiger partial charge in [-0.1, -0.05) is 12.5 Å². The van der Waals surface area contributed by atoms with Gasteiger partial charge >= 0.3 is 6.03 Å². The van der Waals surface area contributed by atoms with Crippen molar-refractivity contribution in [2.45, 2.75) is 50.8 Å². The van der Waals surface area contributed by atoms with Gasteiger partial charge in [-0.3, -0.25) is 4.90 Å². The molecule has 0 bridgehead atoms. The maximum absolute atomic E-state index is 12.7. The van der Waals surface area contributed by atoms with E-state index in [0.717, 1.165) is 44.4 Å². The van der Waals surface area contributed by atoms with Crippen molar-refractivity contribution in [3.8, 4) is 0 Å². The molecule has 2 amide bonds. The number of urea groups is 1. The third-order valence-electron chi connectivity index (χ3n) is 5.85. The highest BCUT2D eigenvalue weighted by atomic mass is 16.5. The van der Waals surface area contributed by atoms with Crippen LogP contribution in [0.3, 0.4) is 0 Å². The maximum Gasteiger partial charge on any atom is 0.320 e. The first kappa shape index (κ1) is 16.8. The molecule has 1 N–H and O–H groups in total. The van der Waals surface area contributed by atoms with Gasteiger partial charge in [0.2, 0.25) is 0 Å². The van der Waals surface area contributed by atoms with Crippen molar-refractivity contribution in [1.29, 1.82) is 0 Å². The van der Waals surface area contributed by atoms with Crippen LogP contribution in [0.2, 0.25) is 0 Å². The Morgan fingerprint density at radius 1 is 1.12 bits per heavy atom. The first-order chi connectivity index (χ1) is 12.2. The quantitative estimate of drug-likeness (QED) is 0.846.